The minimum absolute atomic E-state index is 0.00960. The van der Waals surface area contributed by atoms with Gasteiger partial charge >= 0.3 is 5.97 Å². The van der Waals surface area contributed by atoms with E-state index in [1.807, 2.05) is 72.1 Å². The minimum atomic E-state index is -1.36. The molecule has 13 nitrogen and oxygen atoms in total. The van der Waals surface area contributed by atoms with Crippen LogP contribution in [0.15, 0.2) is 121 Å². The van der Waals surface area contributed by atoms with Crippen molar-refractivity contribution in [3.63, 3.8) is 0 Å². The van der Waals surface area contributed by atoms with Gasteiger partial charge in [-0.3, -0.25) is 29.0 Å². The summed E-state index contributed by atoms with van der Waals surface area (Å²) in [6.45, 7) is 0. The highest BCUT2D eigenvalue weighted by molar-refractivity contribution is 7.09. The monoisotopic (exact) mass is 786 g/mol. The van der Waals surface area contributed by atoms with Crippen LogP contribution in [0.4, 0.5) is 5.69 Å². The highest BCUT2D eigenvalue weighted by Crippen LogP contribution is 2.20. The lowest BCUT2D eigenvalue weighted by atomic mass is 9.99. The first-order chi connectivity index (χ1) is 27.6. The van der Waals surface area contributed by atoms with Gasteiger partial charge in [-0.1, -0.05) is 72.8 Å². The molecular weight excluding hydrogens is 745 g/mol. The number of carbonyl (C=O) groups excluding carboxylic acids is 5. The fourth-order valence-corrected chi connectivity index (χ4v) is 7.16. The lowest BCUT2D eigenvalue weighted by molar-refractivity contribution is -0.142. The molecule has 0 aliphatic carbocycles. The van der Waals surface area contributed by atoms with Crippen molar-refractivity contribution in [3.8, 4) is 11.1 Å². The van der Waals surface area contributed by atoms with Crippen molar-refractivity contribution in [1.82, 2.24) is 26.3 Å². The van der Waals surface area contributed by atoms with Crippen LogP contribution >= 0.6 is 11.3 Å². The number of amides is 5. The van der Waals surface area contributed by atoms with Crippen molar-refractivity contribution in [2.75, 3.05) is 5.32 Å². The molecule has 2 bridgehead atoms. The first-order valence-electron chi connectivity index (χ1n) is 18.5. The number of nitrogens with zero attached hydrogens (tertiary/aromatic N) is 1. The largest absolute Gasteiger partial charge is 0.480 e. The quantitative estimate of drug-likeness (QED) is 0.128. The van der Waals surface area contributed by atoms with Crippen LogP contribution in [0.1, 0.15) is 34.4 Å². The lowest BCUT2D eigenvalue weighted by Gasteiger charge is -2.26. The second-order valence-electron chi connectivity index (χ2n) is 13.7. The van der Waals surface area contributed by atoms with Gasteiger partial charge in [-0.05, 0) is 63.5 Å². The zero-order chi connectivity index (χ0) is 40.1. The third kappa shape index (κ3) is 11.7. The molecule has 2 aliphatic heterocycles. The summed E-state index contributed by atoms with van der Waals surface area (Å²) < 4.78 is 0. The molecule has 2 aliphatic rings. The van der Waals surface area contributed by atoms with Crippen LogP contribution in [0.25, 0.3) is 11.1 Å². The van der Waals surface area contributed by atoms with Gasteiger partial charge in [-0.15, -0.1) is 11.3 Å². The van der Waals surface area contributed by atoms with Gasteiger partial charge in [0.2, 0.25) is 29.5 Å². The number of fused-ring (bicyclic) bond motifs is 18. The highest BCUT2D eigenvalue weighted by Gasteiger charge is 2.32. The number of nitrogens with one attached hydrogen (secondary N) is 5. The second kappa shape index (κ2) is 19.3. The highest BCUT2D eigenvalue weighted by atomic mass is 32.1. The van der Waals surface area contributed by atoms with E-state index in [-0.39, 0.29) is 38.5 Å². The number of thiophene rings is 1. The zero-order valence-electron chi connectivity index (χ0n) is 30.9. The first kappa shape index (κ1) is 40.0. The predicted molar refractivity (Wildman–Crippen MR) is 215 cm³/mol. The minimum Gasteiger partial charge on any atom is -0.480 e. The van der Waals surface area contributed by atoms with Gasteiger partial charge in [0.15, 0.2) is 0 Å². The first-order valence-corrected chi connectivity index (χ1v) is 19.4. The van der Waals surface area contributed by atoms with Gasteiger partial charge in [-0.2, -0.15) is 0 Å². The van der Waals surface area contributed by atoms with Crippen LogP contribution in [0.3, 0.4) is 0 Å². The Morgan fingerprint density at radius 2 is 1.19 bits per heavy atom. The van der Waals surface area contributed by atoms with Crippen LogP contribution in [-0.2, 0) is 54.5 Å². The molecule has 0 radical (unpaired) electrons. The fraction of sp³-hybridized carbons (Fsp3) is 0.233. The third-order valence-electron chi connectivity index (χ3n) is 9.46. The summed E-state index contributed by atoms with van der Waals surface area (Å²) in [5.74, 6) is -4.35. The van der Waals surface area contributed by atoms with Crippen molar-refractivity contribution in [3.05, 3.63) is 142 Å². The van der Waals surface area contributed by atoms with E-state index in [0.29, 0.717) is 22.4 Å². The molecule has 0 unspecified atom stereocenters. The van der Waals surface area contributed by atoms with Crippen molar-refractivity contribution >= 4 is 52.5 Å². The maximum Gasteiger partial charge on any atom is 0.326 e. The van der Waals surface area contributed by atoms with Crippen LogP contribution < -0.4 is 26.6 Å². The number of aliphatic carboxylic acids is 1. The summed E-state index contributed by atoms with van der Waals surface area (Å²) in [4.78, 5) is 85.8. The van der Waals surface area contributed by atoms with E-state index >= 15 is 0 Å². The van der Waals surface area contributed by atoms with E-state index in [9.17, 15) is 33.9 Å². The molecule has 0 spiro atoms. The number of hydrogen-bond acceptors (Lipinski definition) is 8. The van der Waals surface area contributed by atoms with Gasteiger partial charge in [0, 0.05) is 61.5 Å². The van der Waals surface area contributed by atoms with E-state index in [4.69, 9.17) is 0 Å². The lowest BCUT2D eigenvalue weighted by Crippen LogP contribution is -2.59. The maximum atomic E-state index is 14.4. The van der Waals surface area contributed by atoms with E-state index in [1.165, 1.54) is 11.3 Å². The van der Waals surface area contributed by atoms with E-state index in [2.05, 4.69) is 31.6 Å². The zero-order valence-corrected chi connectivity index (χ0v) is 31.7. The number of benzene rings is 3. The number of pyridine rings is 1. The third-order valence-corrected chi connectivity index (χ3v) is 10.4. The molecule has 6 N–H and O–H groups in total. The molecule has 3 aromatic carbocycles. The van der Waals surface area contributed by atoms with Gasteiger partial charge in [0.05, 0.1) is 0 Å². The van der Waals surface area contributed by atoms with Gasteiger partial charge in [0.25, 0.3) is 0 Å². The Bertz CT molecular complexity index is 2170. The molecule has 292 valence electrons. The Hall–Kier alpha value is -6.67. The number of carboxylic acid groups (broad SMARTS) is 1. The van der Waals surface area contributed by atoms with E-state index in [0.717, 1.165) is 16.0 Å². The van der Waals surface area contributed by atoms with Crippen molar-refractivity contribution in [2.45, 2.75) is 62.7 Å². The summed E-state index contributed by atoms with van der Waals surface area (Å²) in [5.41, 5.74) is 4.30. The molecule has 7 rings (SSSR count). The SMILES string of the molecule is O=C1CCC(=O)N[C@H](Cc2cccs2)C(=O)N[C@@H](Cc2ccc(-c3ccccc3)cc2)C(=O)N[C@H](Cc2ccncc2)C(=O)N[C@H](C(=O)O)Cc2ccc(cc2)N1. The van der Waals surface area contributed by atoms with E-state index in [1.54, 1.807) is 48.8 Å². The average molecular weight is 787 g/mol. The number of carboxylic acids is 1. The second-order valence-corrected chi connectivity index (χ2v) is 14.7. The van der Waals surface area contributed by atoms with Crippen LogP contribution in [-0.4, -0.2) is 69.8 Å². The molecule has 5 aromatic rings. The summed E-state index contributed by atoms with van der Waals surface area (Å²) in [5, 5.41) is 25.7. The van der Waals surface area contributed by atoms with Gasteiger partial charge in [-0.25, -0.2) is 4.79 Å². The number of carbonyl (C=O) groups is 6. The van der Waals surface area contributed by atoms with Gasteiger partial charge in [0.1, 0.15) is 24.2 Å². The molecule has 57 heavy (non-hydrogen) atoms. The number of rotatable bonds is 8. The molecule has 2 aromatic heterocycles. The Balaban J connectivity index is 1.34. The normalized spacial score (nSPS) is 19.9. The topological polar surface area (TPSA) is 196 Å². The van der Waals surface area contributed by atoms with Crippen molar-refractivity contribution in [2.24, 2.45) is 0 Å². The van der Waals surface area contributed by atoms with Crippen LogP contribution in [0, 0.1) is 0 Å². The molecule has 14 heteroatoms. The standard InChI is InChI=1S/C43H42N6O7S/c50-38-16-17-39(51)46-36(26-33-7-4-22-57-33)42(54)48-34(23-27-8-12-31(13-9-27)30-5-2-1-3-6-30)40(52)47-35(24-29-18-20-44-21-19-29)41(53)49-37(43(55)56)25-28-10-14-32(45-38)15-11-28/h1-15,18-22,34-37H,16-17,23-26H2,(H,45,50)(H,46,51)(H,47,52)(H,48,54)(H,49,53)(H,55,56)/t34-,35+,36+,37-/m0/s1. The smallest absolute Gasteiger partial charge is 0.326 e. The summed E-state index contributed by atoms with van der Waals surface area (Å²) in [6.07, 6.45) is 2.75. The maximum absolute atomic E-state index is 14.4. The average Bonchev–Trinajstić information content (AvgIpc) is 3.73. The summed E-state index contributed by atoms with van der Waals surface area (Å²) in [6, 6.07) is 25.8. The van der Waals surface area contributed by atoms with Crippen LogP contribution in [0.2, 0.25) is 0 Å². The Morgan fingerprint density at radius 1 is 0.614 bits per heavy atom. The van der Waals surface area contributed by atoms with E-state index < -0.39 is 59.7 Å². The molecule has 0 fully saturated rings. The molecule has 4 atom stereocenters. The van der Waals surface area contributed by atoms with Crippen molar-refractivity contribution in [1.29, 1.82) is 0 Å². The van der Waals surface area contributed by atoms with Gasteiger partial charge < -0.3 is 31.7 Å². The number of aromatic nitrogens is 1. The van der Waals surface area contributed by atoms with Crippen LogP contribution in [0.5, 0.6) is 0 Å². The number of anilines is 1. The Kier molecular flexibility index (Phi) is 13.5. The fourth-order valence-electron chi connectivity index (χ4n) is 6.41. The molecule has 4 heterocycles. The predicted octanol–water partition coefficient (Wildman–Crippen LogP) is 3.84. The number of hydrogen-bond donors (Lipinski definition) is 6. The summed E-state index contributed by atoms with van der Waals surface area (Å²) in [7, 11) is 0. The van der Waals surface area contributed by atoms with Crippen molar-refractivity contribution < 1.29 is 33.9 Å². The molecular formula is C43H42N6O7S. The Morgan fingerprint density at radius 3 is 1.81 bits per heavy atom. The molecule has 5 amide bonds. The summed E-state index contributed by atoms with van der Waals surface area (Å²) >= 11 is 1.40. The molecule has 0 saturated carbocycles. The Labute approximate surface area is 333 Å². The molecule has 0 saturated heterocycles.